The summed E-state index contributed by atoms with van der Waals surface area (Å²) in [6.07, 6.45) is 4.32. The molecule has 1 aliphatic rings. The van der Waals surface area contributed by atoms with Crippen molar-refractivity contribution in [1.82, 2.24) is 4.90 Å². The Kier molecular flexibility index (Phi) is 5.93. The predicted octanol–water partition coefficient (Wildman–Crippen LogP) is 3.92. The molecular formula is C18H27N2O3S. The van der Waals surface area contributed by atoms with E-state index >= 15 is 0 Å². The van der Waals surface area contributed by atoms with Crippen molar-refractivity contribution < 1.29 is 13.0 Å². The molecule has 1 aromatic rings. The van der Waals surface area contributed by atoms with Crippen LogP contribution >= 0.6 is 0 Å². The Balaban J connectivity index is 2.15. The second kappa shape index (κ2) is 7.57. The maximum absolute atomic E-state index is 10.8. The zero-order valence-electron chi connectivity index (χ0n) is 14.8. The van der Waals surface area contributed by atoms with Crippen LogP contribution < -0.4 is 4.90 Å². The fourth-order valence-corrected chi connectivity index (χ4v) is 3.39. The lowest BCUT2D eigenvalue weighted by Crippen LogP contribution is -2.23. The minimum Gasteiger partial charge on any atom is -0.352 e. The van der Waals surface area contributed by atoms with Gasteiger partial charge in [0.2, 0.25) is 0 Å². The van der Waals surface area contributed by atoms with E-state index in [9.17, 15) is 8.42 Å². The predicted molar refractivity (Wildman–Crippen MR) is 98.3 cm³/mol. The lowest BCUT2D eigenvalue weighted by atomic mass is 9.92. The monoisotopic (exact) mass is 351 g/mol. The zero-order chi connectivity index (χ0) is 17.9. The van der Waals surface area contributed by atoms with Crippen molar-refractivity contribution in [2.24, 2.45) is 0 Å². The van der Waals surface area contributed by atoms with Gasteiger partial charge in [0.15, 0.2) is 0 Å². The van der Waals surface area contributed by atoms with Crippen molar-refractivity contribution in [3.05, 3.63) is 48.4 Å². The molecule has 0 amide bonds. The van der Waals surface area contributed by atoms with Crippen LogP contribution in [0.5, 0.6) is 0 Å². The van der Waals surface area contributed by atoms with Crippen LogP contribution in [0.3, 0.4) is 0 Å². The molecule has 1 aliphatic heterocycles. The Morgan fingerprint density at radius 1 is 1.04 bits per heavy atom. The molecule has 0 aromatic heterocycles. The number of anilines is 1. The Bertz CT molecular complexity index is 670. The zero-order valence-corrected chi connectivity index (χ0v) is 15.6. The molecule has 0 saturated carbocycles. The van der Waals surface area contributed by atoms with Crippen LogP contribution in [0.15, 0.2) is 30.6 Å². The van der Waals surface area contributed by atoms with Crippen LogP contribution in [-0.4, -0.2) is 30.2 Å². The molecule has 1 heterocycles. The summed E-state index contributed by atoms with van der Waals surface area (Å²) in [5, 5.41) is 0. The molecular weight excluding hydrogens is 324 g/mol. The van der Waals surface area contributed by atoms with Gasteiger partial charge in [0.1, 0.15) is 6.67 Å². The fraction of sp³-hybridized carbons (Fsp3) is 0.500. The molecule has 1 aromatic carbocycles. The SMILES string of the molecule is CC(C)c1cccc(C(C)C)c1N1[CH]N(CCCS(=O)(=O)O)C=C1. The lowest BCUT2D eigenvalue weighted by molar-refractivity contribution is 0.449. The van der Waals surface area contributed by atoms with Crippen molar-refractivity contribution in [2.75, 3.05) is 17.2 Å². The first-order valence-electron chi connectivity index (χ1n) is 8.34. The third-order valence-electron chi connectivity index (χ3n) is 4.11. The molecule has 2 rings (SSSR count). The molecule has 1 radical (unpaired) electrons. The highest BCUT2D eigenvalue weighted by atomic mass is 32.2. The fourth-order valence-electron chi connectivity index (χ4n) is 2.90. The number of hydrogen-bond donors (Lipinski definition) is 1. The van der Waals surface area contributed by atoms with Crippen LogP contribution in [0.2, 0.25) is 0 Å². The molecule has 0 saturated heterocycles. The van der Waals surface area contributed by atoms with E-state index in [1.807, 2.05) is 24.0 Å². The van der Waals surface area contributed by atoms with Gasteiger partial charge < -0.3 is 9.80 Å². The molecule has 0 atom stereocenters. The van der Waals surface area contributed by atoms with E-state index in [1.54, 1.807) is 0 Å². The smallest absolute Gasteiger partial charge is 0.264 e. The molecule has 24 heavy (non-hydrogen) atoms. The summed E-state index contributed by atoms with van der Waals surface area (Å²) < 4.78 is 30.5. The molecule has 0 spiro atoms. The van der Waals surface area contributed by atoms with E-state index in [2.05, 4.69) is 50.8 Å². The summed E-state index contributed by atoms with van der Waals surface area (Å²) in [6, 6.07) is 6.43. The quantitative estimate of drug-likeness (QED) is 0.754. The molecule has 5 nitrogen and oxygen atoms in total. The Hall–Kier alpha value is -1.53. The molecule has 0 unspecified atom stereocenters. The van der Waals surface area contributed by atoms with E-state index in [0.29, 0.717) is 24.8 Å². The van der Waals surface area contributed by atoms with Crippen molar-refractivity contribution in [2.45, 2.75) is 46.0 Å². The summed E-state index contributed by atoms with van der Waals surface area (Å²) in [4.78, 5) is 4.06. The molecule has 133 valence electrons. The lowest BCUT2D eigenvalue weighted by Gasteiger charge is -2.27. The third kappa shape index (κ3) is 4.74. The normalized spacial score (nSPS) is 15.1. The van der Waals surface area contributed by atoms with Crippen molar-refractivity contribution in [3.63, 3.8) is 0 Å². The van der Waals surface area contributed by atoms with Crippen LogP contribution in [0, 0.1) is 6.67 Å². The number of hydrogen-bond acceptors (Lipinski definition) is 4. The second-order valence-corrected chi connectivity index (χ2v) is 8.36. The topological polar surface area (TPSA) is 60.9 Å². The summed E-state index contributed by atoms with van der Waals surface area (Å²) >= 11 is 0. The number of para-hydroxylation sites is 1. The first kappa shape index (κ1) is 18.8. The van der Waals surface area contributed by atoms with E-state index in [4.69, 9.17) is 4.55 Å². The van der Waals surface area contributed by atoms with Crippen LogP contribution in [0.1, 0.15) is 57.1 Å². The van der Waals surface area contributed by atoms with Gasteiger partial charge in [-0.3, -0.25) is 4.55 Å². The molecule has 0 bridgehead atoms. The molecule has 1 N–H and O–H groups in total. The minimum absolute atomic E-state index is 0.217. The third-order valence-corrected chi connectivity index (χ3v) is 4.92. The van der Waals surface area contributed by atoms with Gasteiger partial charge in [-0.05, 0) is 29.4 Å². The highest BCUT2D eigenvalue weighted by Crippen LogP contribution is 2.37. The summed E-state index contributed by atoms with van der Waals surface area (Å²) in [6.45, 7) is 11.3. The van der Waals surface area contributed by atoms with Gasteiger partial charge in [-0.15, -0.1) is 0 Å². The van der Waals surface area contributed by atoms with Gasteiger partial charge in [0, 0.05) is 24.6 Å². The summed E-state index contributed by atoms with van der Waals surface area (Å²) in [7, 11) is -3.90. The van der Waals surface area contributed by atoms with Gasteiger partial charge >= 0.3 is 0 Å². The van der Waals surface area contributed by atoms with Crippen molar-refractivity contribution in [3.8, 4) is 0 Å². The van der Waals surface area contributed by atoms with Gasteiger partial charge in [0.05, 0.1) is 5.75 Å². The van der Waals surface area contributed by atoms with E-state index < -0.39 is 10.1 Å². The van der Waals surface area contributed by atoms with Crippen molar-refractivity contribution >= 4 is 15.8 Å². The Labute approximate surface area is 145 Å². The maximum atomic E-state index is 10.8. The average molecular weight is 351 g/mol. The van der Waals surface area contributed by atoms with E-state index in [1.165, 1.54) is 16.8 Å². The highest BCUT2D eigenvalue weighted by Gasteiger charge is 2.22. The minimum atomic E-state index is -3.90. The highest BCUT2D eigenvalue weighted by molar-refractivity contribution is 7.85. The molecule has 0 fully saturated rings. The largest absolute Gasteiger partial charge is 0.352 e. The molecule has 6 heteroatoms. The summed E-state index contributed by atoms with van der Waals surface area (Å²) in [5.41, 5.74) is 3.79. The number of nitrogens with zero attached hydrogens (tertiary/aromatic N) is 2. The standard InChI is InChI=1S/C18H27N2O3S/c1-14(2)16-7-5-8-17(15(3)4)18(16)20-11-10-19(13-20)9-6-12-24(21,22)23/h5,7-8,10-11,13-15H,6,9,12H2,1-4H3,(H,21,22,23). The van der Waals surface area contributed by atoms with Gasteiger partial charge in [-0.2, -0.15) is 8.42 Å². The van der Waals surface area contributed by atoms with Gasteiger partial charge in [-0.25, -0.2) is 0 Å². The second-order valence-electron chi connectivity index (χ2n) is 6.79. The maximum Gasteiger partial charge on any atom is 0.264 e. The number of rotatable bonds is 7. The van der Waals surface area contributed by atoms with Crippen LogP contribution in [-0.2, 0) is 10.1 Å². The van der Waals surface area contributed by atoms with Gasteiger partial charge in [0.25, 0.3) is 10.1 Å². The number of benzene rings is 1. The van der Waals surface area contributed by atoms with E-state index in [-0.39, 0.29) is 5.75 Å². The first-order valence-corrected chi connectivity index (χ1v) is 9.95. The average Bonchev–Trinajstić information content (AvgIpc) is 2.93. The van der Waals surface area contributed by atoms with Gasteiger partial charge in [-0.1, -0.05) is 45.9 Å². The summed E-state index contributed by atoms with van der Waals surface area (Å²) in [5.74, 6) is 0.605. The van der Waals surface area contributed by atoms with Crippen LogP contribution in [0.25, 0.3) is 0 Å². The molecule has 0 aliphatic carbocycles. The Morgan fingerprint density at radius 2 is 1.62 bits per heavy atom. The first-order chi connectivity index (χ1) is 11.2. The van der Waals surface area contributed by atoms with E-state index in [0.717, 1.165) is 0 Å². The Morgan fingerprint density at radius 3 is 2.12 bits per heavy atom. The van der Waals surface area contributed by atoms with Crippen molar-refractivity contribution in [1.29, 1.82) is 0 Å². The van der Waals surface area contributed by atoms with Crippen LogP contribution in [0.4, 0.5) is 5.69 Å².